The van der Waals surface area contributed by atoms with Crippen LogP contribution in [0, 0.1) is 6.92 Å². The fourth-order valence-corrected chi connectivity index (χ4v) is 3.82. The fourth-order valence-electron chi connectivity index (χ4n) is 3.82. The van der Waals surface area contributed by atoms with Gasteiger partial charge in [0.2, 0.25) is 11.8 Å². The number of hydrogen-bond donors (Lipinski definition) is 1. The molecule has 10 nitrogen and oxygen atoms in total. The number of nitrogens with one attached hydrogen (secondary N) is 1. The van der Waals surface area contributed by atoms with Gasteiger partial charge in [0, 0.05) is 43.0 Å². The molecule has 32 heavy (non-hydrogen) atoms. The van der Waals surface area contributed by atoms with Gasteiger partial charge in [-0.15, -0.1) is 0 Å². The molecule has 1 aliphatic rings. The Morgan fingerprint density at radius 2 is 1.97 bits per heavy atom. The number of anilines is 3. The molecule has 5 rings (SSSR count). The van der Waals surface area contributed by atoms with Gasteiger partial charge in [0.05, 0.1) is 13.2 Å². The van der Waals surface area contributed by atoms with E-state index in [1.807, 2.05) is 37.3 Å². The van der Waals surface area contributed by atoms with Crippen LogP contribution in [0.15, 0.2) is 53.4 Å². The topological polar surface area (TPSA) is 115 Å². The average Bonchev–Trinajstić information content (AvgIpc) is 3.49. The van der Waals surface area contributed by atoms with E-state index in [1.165, 1.54) is 0 Å². The van der Waals surface area contributed by atoms with Crippen molar-refractivity contribution in [1.82, 2.24) is 30.1 Å². The van der Waals surface area contributed by atoms with Crippen molar-refractivity contribution in [3.63, 3.8) is 0 Å². The molecular formula is C22H22N8O2. The summed E-state index contributed by atoms with van der Waals surface area (Å²) in [6.07, 6.45) is 6.82. The van der Waals surface area contributed by atoms with E-state index in [1.54, 1.807) is 25.7 Å². The lowest BCUT2D eigenvalue weighted by Crippen LogP contribution is -2.25. The molecule has 0 amide bonds. The number of pyridine rings is 1. The lowest BCUT2D eigenvalue weighted by Gasteiger charge is -2.23. The van der Waals surface area contributed by atoms with Crippen molar-refractivity contribution < 1.29 is 9.26 Å². The second-order valence-corrected chi connectivity index (χ2v) is 7.41. The van der Waals surface area contributed by atoms with Crippen molar-refractivity contribution in [3.8, 4) is 17.3 Å². The second kappa shape index (κ2) is 8.58. The van der Waals surface area contributed by atoms with Gasteiger partial charge in [-0.05, 0) is 31.9 Å². The Balaban J connectivity index is 1.43. The fraction of sp³-hybridized carbons (Fsp3) is 0.273. The van der Waals surface area contributed by atoms with Crippen LogP contribution in [-0.4, -0.2) is 43.7 Å². The van der Waals surface area contributed by atoms with Crippen molar-refractivity contribution in [2.24, 2.45) is 0 Å². The molecule has 162 valence electrons. The van der Waals surface area contributed by atoms with Crippen LogP contribution in [0.5, 0.6) is 5.88 Å². The molecule has 0 aromatic carbocycles. The third kappa shape index (κ3) is 3.94. The predicted octanol–water partition coefficient (Wildman–Crippen LogP) is 3.72. The summed E-state index contributed by atoms with van der Waals surface area (Å²) < 4.78 is 11.0. The summed E-state index contributed by atoms with van der Waals surface area (Å²) in [5.41, 5.74) is 1.99. The number of hydrogen-bond acceptors (Lipinski definition) is 10. The quantitative estimate of drug-likeness (QED) is 0.485. The molecule has 0 saturated carbocycles. The summed E-state index contributed by atoms with van der Waals surface area (Å²) >= 11 is 0. The Labute approximate surface area is 184 Å². The Kier molecular flexibility index (Phi) is 5.32. The summed E-state index contributed by atoms with van der Waals surface area (Å²) in [5.74, 6) is 3.20. The first-order valence-corrected chi connectivity index (χ1v) is 10.3. The van der Waals surface area contributed by atoms with Gasteiger partial charge in [0.1, 0.15) is 17.3 Å². The van der Waals surface area contributed by atoms with Gasteiger partial charge >= 0.3 is 0 Å². The number of methoxy groups -OCH3 is 1. The number of rotatable bonds is 6. The van der Waals surface area contributed by atoms with Crippen LogP contribution in [0.2, 0.25) is 0 Å². The van der Waals surface area contributed by atoms with Gasteiger partial charge < -0.3 is 19.5 Å². The lowest BCUT2D eigenvalue weighted by molar-refractivity contribution is 0.361. The SMILES string of the molecule is COc1nccnc1-c1cc(C2CCCN2c2nc(C)cc(Nc3ccccn3)n2)on1. The van der Waals surface area contributed by atoms with Gasteiger partial charge in [-0.25, -0.2) is 19.9 Å². The zero-order valence-corrected chi connectivity index (χ0v) is 17.8. The molecule has 1 unspecified atom stereocenters. The first-order valence-electron chi connectivity index (χ1n) is 10.3. The van der Waals surface area contributed by atoms with Crippen LogP contribution < -0.4 is 15.0 Å². The maximum atomic E-state index is 5.71. The minimum absolute atomic E-state index is 0.0246. The summed E-state index contributed by atoms with van der Waals surface area (Å²) in [7, 11) is 1.55. The van der Waals surface area contributed by atoms with Crippen LogP contribution in [-0.2, 0) is 0 Å². The summed E-state index contributed by atoms with van der Waals surface area (Å²) in [5, 5.41) is 7.46. The highest BCUT2D eigenvalue weighted by Crippen LogP contribution is 2.37. The highest BCUT2D eigenvalue weighted by molar-refractivity contribution is 5.60. The Morgan fingerprint density at radius 3 is 2.81 bits per heavy atom. The van der Waals surface area contributed by atoms with E-state index in [9.17, 15) is 0 Å². The number of nitrogens with zero attached hydrogens (tertiary/aromatic N) is 7. The van der Waals surface area contributed by atoms with Crippen molar-refractivity contribution in [2.75, 3.05) is 23.9 Å². The van der Waals surface area contributed by atoms with Crippen LogP contribution in [0.1, 0.15) is 30.3 Å². The molecule has 1 fully saturated rings. The predicted molar refractivity (Wildman–Crippen MR) is 118 cm³/mol. The van der Waals surface area contributed by atoms with Crippen LogP contribution in [0.25, 0.3) is 11.4 Å². The molecule has 4 aromatic heterocycles. The zero-order chi connectivity index (χ0) is 21.9. The largest absolute Gasteiger partial charge is 0.479 e. The van der Waals surface area contributed by atoms with Crippen molar-refractivity contribution >= 4 is 17.6 Å². The average molecular weight is 430 g/mol. The summed E-state index contributed by atoms with van der Waals surface area (Å²) in [6, 6.07) is 9.46. The molecule has 4 aromatic rings. The van der Waals surface area contributed by atoms with Crippen LogP contribution in [0.4, 0.5) is 17.6 Å². The molecule has 0 radical (unpaired) electrons. The maximum absolute atomic E-state index is 5.71. The Morgan fingerprint density at radius 1 is 1.06 bits per heavy atom. The first-order chi connectivity index (χ1) is 15.7. The van der Waals surface area contributed by atoms with E-state index in [0.29, 0.717) is 29.0 Å². The van der Waals surface area contributed by atoms with Crippen LogP contribution in [0.3, 0.4) is 0 Å². The van der Waals surface area contributed by atoms with E-state index in [-0.39, 0.29) is 6.04 Å². The summed E-state index contributed by atoms with van der Waals surface area (Å²) in [4.78, 5) is 24.4. The molecular weight excluding hydrogens is 408 g/mol. The third-order valence-corrected chi connectivity index (χ3v) is 5.23. The number of aryl methyl sites for hydroxylation is 1. The molecule has 1 aliphatic heterocycles. The standard InChI is InChI=1S/C22H22N8O2/c1-14-12-19(27-18-7-3-4-8-23-18)28-22(26-14)30-11-5-6-16(30)17-13-15(29-32-17)20-21(31-2)25-10-9-24-20/h3-4,7-10,12-13,16H,5-6,11H2,1-2H3,(H,23,26,27,28). The molecule has 5 heterocycles. The molecule has 0 bridgehead atoms. The molecule has 0 aliphatic carbocycles. The minimum Gasteiger partial charge on any atom is -0.479 e. The van der Waals surface area contributed by atoms with Gasteiger partial charge in [-0.1, -0.05) is 11.2 Å². The molecule has 1 saturated heterocycles. The van der Waals surface area contributed by atoms with E-state index < -0.39 is 0 Å². The second-order valence-electron chi connectivity index (χ2n) is 7.41. The van der Waals surface area contributed by atoms with Gasteiger partial charge in [0.15, 0.2) is 11.5 Å². The summed E-state index contributed by atoms with van der Waals surface area (Å²) in [6.45, 7) is 2.77. The van der Waals surface area contributed by atoms with Crippen molar-refractivity contribution in [1.29, 1.82) is 0 Å². The van der Waals surface area contributed by atoms with Gasteiger partial charge in [-0.2, -0.15) is 4.98 Å². The number of aromatic nitrogens is 6. The zero-order valence-electron chi connectivity index (χ0n) is 17.8. The minimum atomic E-state index is -0.0246. The smallest absolute Gasteiger partial charge is 0.242 e. The monoisotopic (exact) mass is 430 g/mol. The highest BCUT2D eigenvalue weighted by Gasteiger charge is 2.32. The third-order valence-electron chi connectivity index (χ3n) is 5.23. The lowest BCUT2D eigenvalue weighted by atomic mass is 10.1. The van der Waals surface area contributed by atoms with E-state index in [4.69, 9.17) is 14.2 Å². The highest BCUT2D eigenvalue weighted by atomic mass is 16.5. The maximum Gasteiger partial charge on any atom is 0.242 e. The molecule has 10 heteroatoms. The molecule has 1 N–H and O–H groups in total. The van der Waals surface area contributed by atoms with E-state index in [2.05, 4.69) is 35.3 Å². The van der Waals surface area contributed by atoms with E-state index >= 15 is 0 Å². The van der Waals surface area contributed by atoms with Crippen molar-refractivity contribution in [3.05, 3.63) is 60.4 Å². The molecule has 0 spiro atoms. The van der Waals surface area contributed by atoms with Crippen molar-refractivity contribution in [2.45, 2.75) is 25.8 Å². The Hall–Kier alpha value is -4.08. The van der Waals surface area contributed by atoms with Gasteiger partial charge in [0.25, 0.3) is 0 Å². The number of ether oxygens (including phenoxy) is 1. The Bertz CT molecular complexity index is 1210. The normalized spacial score (nSPS) is 15.7. The first kappa shape index (κ1) is 19.9. The van der Waals surface area contributed by atoms with E-state index in [0.717, 1.165) is 36.7 Å². The van der Waals surface area contributed by atoms with Crippen LogP contribution >= 0.6 is 0 Å². The molecule has 1 atom stereocenters. The van der Waals surface area contributed by atoms with Gasteiger partial charge in [-0.3, -0.25) is 0 Å².